The van der Waals surface area contributed by atoms with Crippen molar-refractivity contribution in [3.8, 4) is 11.5 Å². The standard InChI is InChI=1S/C30H34N2O6/c1-5-25(32-29(34)27-28(38-21(3)33)26(36-4)16-17-31-27)30(35)37-20(2)24(18-22-12-8-6-9-13-22)19-23-14-10-7-11-15-23/h6-17,20,24-25H,5,18-19H2,1-4H3,(H,32,34)/t20?,25-/m0/s1. The molecule has 0 aliphatic heterocycles. The van der Waals surface area contributed by atoms with Gasteiger partial charge in [-0.3, -0.25) is 9.59 Å². The second-order valence-electron chi connectivity index (χ2n) is 9.00. The minimum Gasteiger partial charge on any atom is -0.493 e. The topological polar surface area (TPSA) is 104 Å². The quantitative estimate of drug-likeness (QED) is 0.351. The molecule has 8 nitrogen and oxygen atoms in total. The van der Waals surface area contributed by atoms with Crippen LogP contribution < -0.4 is 14.8 Å². The van der Waals surface area contributed by atoms with E-state index in [1.165, 1.54) is 26.3 Å². The molecule has 200 valence electrons. The minimum atomic E-state index is -0.919. The number of hydrogen-bond acceptors (Lipinski definition) is 7. The third kappa shape index (κ3) is 7.90. The second-order valence-corrected chi connectivity index (χ2v) is 9.00. The molecule has 3 rings (SSSR count). The minimum absolute atomic E-state index is 0.0209. The van der Waals surface area contributed by atoms with Crippen molar-refractivity contribution in [2.75, 3.05) is 7.11 Å². The van der Waals surface area contributed by atoms with Gasteiger partial charge in [0.1, 0.15) is 12.1 Å². The maximum atomic E-state index is 13.2. The highest BCUT2D eigenvalue weighted by Crippen LogP contribution is 2.30. The van der Waals surface area contributed by atoms with Gasteiger partial charge in [-0.15, -0.1) is 0 Å². The van der Waals surface area contributed by atoms with Crippen LogP contribution in [0.2, 0.25) is 0 Å². The smallest absolute Gasteiger partial charge is 0.328 e. The third-order valence-corrected chi connectivity index (χ3v) is 6.19. The van der Waals surface area contributed by atoms with Gasteiger partial charge in [0.25, 0.3) is 5.91 Å². The fraction of sp³-hybridized carbons (Fsp3) is 0.333. The van der Waals surface area contributed by atoms with Gasteiger partial charge in [-0.25, -0.2) is 9.78 Å². The van der Waals surface area contributed by atoms with Crippen LogP contribution in [-0.4, -0.2) is 42.1 Å². The highest BCUT2D eigenvalue weighted by Gasteiger charge is 2.29. The predicted molar refractivity (Wildman–Crippen MR) is 143 cm³/mol. The van der Waals surface area contributed by atoms with E-state index in [0.29, 0.717) is 6.42 Å². The molecule has 2 aromatic carbocycles. The van der Waals surface area contributed by atoms with Crippen LogP contribution in [0.1, 0.15) is 48.8 Å². The van der Waals surface area contributed by atoms with E-state index in [9.17, 15) is 14.4 Å². The van der Waals surface area contributed by atoms with Gasteiger partial charge in [0.15, 0.2) is 11.4 Å². The Hall–Kier alpha value is -4.20. The first-order valence-corrected chi connectivity index (χ1v) is 12.6. The molecule has 0 radical (unpaired) electrons. The van der Waals surface area contributed by atoms with Crippen LogP contribution in [0.15, 0.2) is 72.9 Å². The number of benzene rings is 2. The van der Waals surface area contributed by atoms with Crippen LogP contribution in [0.3, 0.4) is 0 Å². The summed E-state index contributed by atoms with van der Waals surface area (Å²) >= 11 is 0. The van der Waals surface area contributed by atoms with Gasteiger partial charge in [0, 0.05) is 25.1 Å². The molecule has 2 atom stereocenters. The zero-order valence-electron chi connectivity index (χ0n) is 22.2. The first kappa shape index (κ1) is 28.4. The molecule has 1 heterocycles. The summed E-state index contributed by atoms with van der Waals surface area (Å²) in [5.41, 5.74) is 2.14. The van der Waals surface area contributed by atoms with Crippen molar-refractivity contribution in [3.63, 3.8) is 0 Å². The molecule has 1 aromatic heterocycles. The predicted octanol–water partition coefficient (Wildman–Crippen LogP) is 4.56. The van der Waals surface area contributed by atoms with E-state index < -0.39 is 30.0 Å². The van der Waals surface area contributed by atoms with Crippen molar-refractivity contribution in [3.05, 3.63) is 89.7 Å². The molecule has 1 amide bonds. The monoisotopic (exact) mass is 518 g/mol. The number of nitrogens with one attached hydrogen (secondary N) is 1. The number of amides is 1. The first-order valence-electron chi connectivity index (χ1n) is 12.6. The van der Waals surface area contributed by atoms with E-state index in [0.717, 1.165) is 24.0 Å². The summed E-state index contributed by atoms with van der Waals surface area (Å²) in [5.74, 6) is -1.77. The summed E-state index contributed by atoms with van der Waals surface area (Å²) < 4.78 is 16.3. The Balaban J connectivity index is 1.74. The van der Waals surface area contributed by atoms with Crippen LogP contribution in [0.5, 0.6) is 11.5 Å². The Morgan fingerprint density at radius 1 is 0.921 bits per heavy atom. The zero-order valence-corrected chi connectivity index (χ0v) is 22.2. The van der Waals surface area contributed by atoms with E-state index in [4.69, 9.17) is 14.2 Å². The molecule has 3 aromatic rings. The number of nitrogens with zero attached hydrogens (tertiary/aromatic N) is 1. The maximum absolute atomic E-state index is 13.2. The molecular weight excluding hydrogens is 484 g/mol. The SMILES string of the molecule is CC[C@H](NC(=O)c1nccc(OC)c1OC(C)=O)C(=O)OC(C)C(Cc1ccccc1)Cc1ccccc1. The Bertz CT molecular complexity index is 1170. The molecule has 0 fully saturated rings. The molecule has 0 spiro atoms. The largest absolute Gasteiger partial charge is 0.493 e. The van der Waals surface area contributed by atoms with Gasteiger partial charge in [0.2, 0.25) is 5.75 Å². The zero-order chi connectivity index (χ0) is 27.5. The molecule has 0 aliphatic carbocycles. The highest BCUT2D eigenvalue weighted by molar-refractivity contribution is 5.98. The number of aromatic nitrogens is 1. The average Bonchev–Trinajstić information content (AvgIpc) is 2.92. The van der Waals surface area contributed by atoms with Crippen molar-refractivity contribution in [1.82, 2.24) is 10.3 Å². The average molecular weight is 519 g/mol. The Morgan fingerprint density at radius 3 is 2.00 bits per heavy atom. The van der Waals surface area contributed by atoms with E-state index in [-0.39, 0.29) is 23.1 Å². The number of carbonyl (C=O) groups is 3. The Labute approximate surface area is 223 Å². The van der Waals surface area contributed by atoms with Crippen molar-refractivity contribution in [1.29, 1.82) is 0 Å². The number of carbonyl (C=O) groups excluding carboxylic acids is 3. The Kier molecular flexibility index (Phi) is 10.4. The lowest BCUT2D eigenvalue weighted by molar-refractivity contribution is -0.153. The molecule has 1 unspecified atom stereocenters. The number of esters is 2. The van der Waals surface area contributed by atoms with Crippen LogP contribution in [-0.2, 0) is 27.2 Å². The van der Waals surface area contributed by atoms with Crippen LogP contribution in [0.25, 0.3) is 0 Å². The van der Waals surface area contributed by atoms with Crippen molar-refractivity contribution < 1.29 is 28.6 Å². The molecule has 8 heteroatoms. The highest BCUT2D eigenvalue weighted by atomic mass is 16.6. The molecule has 0 bridgehead atoms. The second kappa shape index (κ2) is 13.9. The van der Waals surface area contributed by atoms with E-state index >= 15 is 0 Å². The number of pyridine rings is 1. The first-order chi connectivity index (χ1) is 18.3. The fourth-order valence-corrected chi connectivity index (χ4v) is 4.15. The normalized spacial score (nSPS) is 12.3. The summed E-state index contributed by atoms with van der Waals surface area (Å²) in [4.78, 5) is 41.9. The van der Waals surface area contributed by atoms with Gasteiger partial charge in [-0.05, 0) is 37.3 Å². The van der Waals surface area contributed by atoms with E-state index in [1.54, 1.807) is 6.92 Å². The maximum Gasteiger partial charge on any atom is 0.328 e. The fourth-order valence-electron chi connectivity index (χ4n) is 4.15. The van der Waals surface area contributed by atoms with Gasteiger partial charge >= 0.3 is 11.9 Å². The third-order valence-electron chi connectivity index (χ3n) is 6.19. The molecule has 38 heavy (non-hydrogen) atoms. The lowest BCUT2D eigenvalue weighted by atomic mass is 9.88. The number of methoxy groups -OCH3 is 1. The molecular formula is C30H34N2O6. The van der Waals surface area contributed by atoms with Crippen molar-refractivity contribution in [2.24, 2.45) is 5.92 Å². The lowest BCUT2D eigenvalue weighted by Crippen LogP contribution is -2.43. The molecule has 0 saturated carbocycles. The molecule has 1 N–H and O–H groups in total. The number of hydrogen-bond donors (Lipinski definition) is 1. The van der Waals surface area contributed by atoms with Crippen molar-refractivity contribution in [2.45, 2.75) is 52.2 Å². The number of rotatable bonds is 12. The summed E-state index contributed by atoms with van der Waals surface area (Å²) in [5, 5.41) is 2.67. The van der Waals surface area contributed by atoms with Crippen LogP contribution in [0, 0.1) is 5.92 Å². The van der Waals surface area contributed by atoms with E-state index in [2.05, 4.69) is 34.6 Å². The summed E-state index contributed by atoms with van der Waals surface area (Å²) in [6.45, 7) is 4.86. The van der Waals surface area contributed by atoms with Crippen LogP contribution in [0.4, 0.5) is 0 Å². The molecule has 0 saturated heterocycles. The van der Waals surface area contributed by atoms with Crippen molar-refractivity contribution >= 4 is 17.8 Å². The summed E-state index contributed by atoms with van der Waals surface area (Å²) in [6.07, 6.45) is 2.70. The lowest BCUT2D eigenvalue weighted by Gasteiger charge is -2.26. The van der Waals surface area contributed by atoms with Crippen LogP contribution >= 0.6 is 0 Å². The van der Waals surface area contributed by atoms with Gasteiger partial charge in [-0.2, -0.15) is 0 Å². The van der Waals surface area contributed by atoms with E-state index in [1.807, 2.05) is 43.3 Å². The van der Waals surface area contributed by atoms with Gasteiger partial charge < -0.3 is 19.5 Å². The summed E-state index contributed by atoms with van der Waals surface area (Å²) in [7, 11) is 1.39. The molecule has 0 aliphatic rings. The van der Waals surface area contributed by atoms with Gasteiger partial charge in [0.05, 0.1) is 7.11 Å². The summed E-state index contributed by atoms with van der Waals surface area (Å²) in [6, 6.07) is 20.7. The Morgan fingerprint density at radius 2 is 1.50 bits per heavy atom. The van der Waals surface area contributed by atoms with Gasteiger partial charge in [-0.1, -0.05) is 67.6 Å². The number of ether oxygens (including phenoxy) is 3.